The number of anilines is 1. The van der Waals surface area contributed by atoms with Crippen molar-refractivity contribution < 1.29 is 9.53 Å². The van der Waals surface area contributed by atoms with Crippen LogP contribution < -0.4 is 5.73 Å². The molecule has 0 aromatic heterocycles. The van der Waals surface area contributed by atoms with Crippen LogP contribution in [0.5, 0.6) is 0 Å². The fourth-order valence-corrected chi connectivity index (χ4v) is 3.81. The lowest BCUT2D eigenvalue weighted by Crippen LogP contribution is -2.11. The number of hydrogen-bond acceptors (Lipinski definition) is 3. The highest BCUT2D eigenvalue weighted by molar-refractivity contribution is 5.71. The summed E-state index contributed by atoms with van der Waals surface area (Å²) in [6, 6.07) is 6.07. The van der Waals surface area contributed by atoms with Crippen LogP contribution in [-0.4, -0.2) is 12.6 Å². The summed E-state index contributed by atoms with van der Waals surface area (Å²) in [6.45, 7) is 0.648. The van der Waals surface area contributed by atoms with Gasteiger partial charge in [-0.1, -0.05) is 6.07 Å². The van der Waals surface area contributed by atoms with Crippen LogP contribution in [-0.2, 0) is 16.0 Å². The quantitative estimate of drug-likeness (QED) is 0.676. The summed E-state index contributed by atoms with van der Waals surface area (Å²) >= 11 is 0. The Kier molecular flexibility index (Phi) is 2.60. The molecule has 3 aliphatic carbocycles. The molecule has 20 heavy (non-hydrogen) atoms. The number of carbonyl (C=O) groups excluding carboxylic acids is 1. The zero-order chi connectivity index (χ0) is 13.7. The lowest BCUT2D eigenvalue weighted by Gasteiger charge is -2.12. The van der Waals surface area contributed by atoms with E-state index in [1.807, 2.05) is 12.1 Å². The van der Waals surface area contributed by atoms with Crippen molar-refractivity contribution in [3.8, 4) is 0 Å². The van der Waals surface area contributed by atoms with Gasteiger partial charge >= 0.3 is 5.97 Å². The highest BCUT2D eigenvalue weighted by atomic mass is 16.5. The van der Waals surface area contributed by atoms with Crippen molar-refractivity contribution in [2.75, 3.05) is 12.3 Å². The smallest absolute Gasteiger partial charge is 0.306 e. The molecule has 2 atom stereocenters. The van der Waals surface area contributed by atoms with Crippen LogP contribution in [0, 0.1) is 11.3 Å². The number of carbonyl (C=O) groups is 1. The number of rotatable bonds is 4. The monoisotopic (exact) mass is 271 g/mol. The van der Waals surface area contributed by atoms with Crippen molar-refractivity contribution in [1.29, 1.82) is 0 Å². The molecule has 3 aliphatic rings. The fraction of sp³-hybridized carbons (Fsp3) is 0.588. The van der Waals surface area contributed by atoms with Crippen LogP contribution in [0.2, 0.25) is 0 Å². The Balaban J connectivity index is 1.33. The van der Waals surface area contributed by atoms with Crippen molar-refractivity contribution in [3.05, 3.63) is 29.3 Å². The van der Waals surface area contributed by atoms with Gasteiger partial charge in [0, 0.05) is 5.69 Å². The highest BCUT2D eigenvalue weighted by Gasteiger charge is 2.62. The molecule has 1 aromatic carbocycles. The second-order valence-corrected chi connectivity index (χ2v) is 6.84. The first-order chi connectivity index (χ1) is 9.66. The van der Waals surface area contributed by atoms with Crippen LogP contribution >= 0.6 is 0 Å². The number of nitrogen functional groups attached to an aromatic ring is 1. The average Bonchev–Trinajstić information content (AvgIpc) is 3.32. The standard InChI is InChI=1S/C17H21NO2/c18-14-4-3-11-1-2-12(15(11)8-14)7-16(19)20-10-13-9-17(13)5-6-17/h3-4,8,12-13H,1-2,5-7,9-10,18H2. The molecule has 2 unspecified atom stereocenters. The number of fused-ring (bicyclic) bond motifs is 1. The summed E-state index contributed by atoms with van der Waals surface area (Å²) in [7, 11) is 0. The summed E-state index contributed by atoms with van der Waals surface area (Å²) in [6.07, 6.45) is 6.59. The van der Waals surface area contributed by atoms with Gasteiger partial charge in [0.2, 0.25) is 0 Å². The Morgan fingerprint density at radius 3 is 3.00 bits per heavy atom. The first kappa shape index (κ1) is 12.2. The van der Waals surface area contributed by atoms with Gasteiger partial charge in [-0.05, 0) is 72.6 Å². The Hall–Kier alpha value is -1.51. The minimum absolute atomic E-state index is 0.0343. The van der Waals surface area contributed by atoms with Gasteiger partial charge in [-0.15, -0.1) is 0 Å². The molecular weight excluding hydrogens is 250 g/mol. The van der Waals surface area contributed by atoms with E-state index >= 15 is 0 Å². The summed E-state index contributed by atoms with van der Waals surface area (Å²) in [5, 5.41) is 0. The Bertz CT molecular complexity index is 562. The molecule has 0 amide bonds. The van der Waals surface area contributed by atoms with E-state index < -0.39 is 0 Å². The molecule has 2 fully saturated rings. The van der Waals surface area contributed by atoms with Crippen molar-refractivity contribution >= 4 is 11.7 Å². The van der Waals surface area contributed by atoms with E-state index in [1.54, 1.807) is 0 Å². The Morgan fingerprint density at radius 2 is 2.25 bits per heavy atom. The van der Waals surface area contributed by atoms with Gasteiger partial charge in [0.15, 0.2) is 0 Å². The predicted octanol–water partition coefficient (Wildman–Crippen LogP) is 3.03. The van der Waals surface area contributed by atoms with Gasteiger partial charge in [-0.25, -0.2) is 0 Å². The van der Waals surface area contributed by atoms with Gasteiger partial charge < -0.3 is 10.5 Å². The summed E-state index contributed by atoms with van der Waals surface area (Å²) in [4.78, 5) is 12.0. The minimum Gasteiger partial charge on any atom is -0.465 e. The molecule has 1 spiro atoms. The molecule has 0 bridgehead atoms. The van der Waals surface area contributed by atoms with Gasteiger partial charge in [0.25, 0.3) is 0 Å². The topological polar surface area (TPSA) is 52.3 Å². The van der Waals surface area contributed by atoms with E-state index in [0.29, 0.717) is 30.3 Å². The molecule has 4 rings (SSSR count). The second-order valence-electron chi connectivity index (χ2n) is 6.84. The van der Waals surface area contributed by atoms with Crippen molar-refractivity contribution in [1.82, 2.24) is 0 Å². The third-order valence-electron chi connectivity index (χ3n) is 5.48. The molecule has 1 aromatic rings. The maximum Gasteiger partial charge on any atom is 0.306 e. The predicted molar refractivity (Wildman–Crippen MR) is 77.3 cm³/mol. The molecule has 106 valence electrons. The van der Waals surface area contributed by atoms with E-state index in [4.69, 9.17) is 10.5 Å². The summed E-state index contributed by atoms with van der Waals surface area (Å²) in [5.74, 6) is 0.932. The summed E-state index contributed by atoms with van der Waals surface area (Å²) < 4.78 is 5.48. The normalized spacial score (nSPS) is 28.2. The number of hydrogen-bond donors (Lipinski definition) is 1. The molecule has 2 N–H and O–H groups in total. The van der Waals surface area contributed by atoms with Crippen LogP contribution in [0.3, 0.4) is 0 Å². The number of aryl methyl sites for hydroxylation is 1. The largest absolute Gasteiger partial charge is 0.465 e. The SMILES string of the molecule is Nc1ccc2c(c1)C(CC(=O)OCC1CC13CC3)CC2. The average molecular weight is 271 g/mol. The van der Waals surface area contributed by atoms with E-state index in [0.717, 1.165) is 18.5 Å². The Labute approximate surface area is 119 Å². The van der Waals surface area contributed by atoms with Gasteiger partial charge in [0.05, 0.1) is 13.0 Å². The highest BCUT2D eigenvalue weighted by Crippen LogP contribution is 2.70. The van der Waals surface area contributed by atoms with Gasteiger partial charge in [0.1, 0.15) is 0 Å². The number of esters is 1. The fourth-order valence-electron chi connectivity index (χ4n) is 3.81. The lowest BCUT2D eigenvalue weighted by atomic mass is 9.97. The summed E-state index contributed by atoms with van der Waals surface area (Å²) in [5.41, 5.74) is 9.86. The first-order valence-electron chi connectivity index (χ1n) is 7.70. The van der Waals surface area contributed by atoms with E-state index in [9.17, 15) is 4.79 Å². The molecule has 0 heterocycles. The van der Waals surface area contributed by atoms with E-state index in [2.05, 4.69) is 6.07 Å². The zero-order valence-corrected chi connectivity index (χ0v) is 11.7. The van der Waals surface area contributed by atoms with E-state index in [-0.39, 0.29) is 5.97 Å². The van der Waals surface area contributed by atoms with E-state index in [1.165, 1.54) is 30.4 Å². The van der Waals surface area contributed by atoms with Gasteiger partial charge in [-0.2, -0.15) is 0 Å². The molecule has 3 heteroatoms. The molecule has 0 radical (unpaired) electrons. The number of ether oxygens (including phenoxy) is 1. The maximum absolute atomic E-state index is 12.0. The number of benzene rings is 1. The number of nitrogens with two attached hydrogens (primary N) is 1. The molecule has 0 saturated heterocycles. The molecular formula is C17H21NO2. The van der Waals surface area contributed by atoms with Crippen LogP contribution in [0.15, 0.2) is 18.2 Å². The Morgan fingerprint density at radius 1 is 1.40 bits per heavy atom. The third kappa shape index (κ3) is 2.09. The van der Waals surface area contributed by atoms with Crippen LogP contribution in [0.1, 0.15) is 49.1 Å². The lowest BCUT2D eigenvalue weighted by molar-refractivity contribution is -0.144. The minimum atomic E-state index is -0.0343. The molecule has 3 nitrogen and oxygen atoms in total. The van der Waals surface area contributed by atoms with Crippen molar-refractivity contribution in [3.63, 3.8) is 0 Å². The second kappa shape index (κ2) is 4.24. The third-order valence-corrected chi connectivity index (χ3v) is 5.48. The zero-order valence-electron chi connectivity index (χ0n) is 11.7. The molecule has 0 aliphatic heterocycles. The first-order valence-corrected chi connectivity index (χ1v) is 7.70. The van der Waals surface area contributed by atoms with Crippen molar-refractivity contribution in [2.45, 2.75) is 44.4 Å². The van der Waals surface area contributed by atoms with Crippen molar-refractivity contribution in [2.24, 2.45) is 11.3 Å². The molecule has 2 saturated carbocycles. The van der Waals surface area contributed by atoms with Gasteiger partial charge in [-0.3, -0.25) is 4.79 Å². The maximum atomic E-state index is 12.0. The van der Waals surface area contributed by atoms with Crippen LogP contribution in [0.4, 0.5) is 5.69 Å². The van der Waals surface area contributed by atoms with Crippen LogP contribution in [0.25, 0.3) is 0 Å².